The van der Waals surface area contributed by atoms with Crippen molar-refractivity contribution in [2.45, 2.75) is 32.2 Å². The van der Waals surface area contributed by atoms with Crippen LogP contribution in [0.4, 0.5) is 0 Å². The number of halogens is 2. The van der Waals surface area contributed by atoms with E-state index in [4.69, 9.17) is 32.4 Å². The second-order valence-electron chi connectivity index (χ2n) is 7.89. The van der Waals surface area contributed by atoms with E-state index in [0.717, 1.165) is 19.3 Å². The number of ether oxygens (including phenoxy) is 1. The average molecular weight is 488 g/mol. The van der Waals surface area contributed by atoms with Crippen molar-refractivity contribution < 1.29 is 23.8 Å². The number of amides is 1. The number of carbonyl (C=O) groups is 2. The first-order valence-corrected chi connectivity index (χ1v) is 11.4. The largest absolute Gasteiger partial charge is 0.503 e. The van der Waals surface area contributed by atoms with Gasteiger partial charge in [-0.1, -0.05) is 55.1 Å². The Labute approximate surface area is 201 Å². The topological polar surface area (TPSA) is 80.0 Å². The van der Waals surface area contributed by atoms with E-state index in [1.807, 2.05) is 0 Å². The van der Waals surface area contributed by atoms with Crippen molar-refractivity contribution in [2.24, 2.45) is 0 Å². The highest BCUT2D eigenvalue weighted by molar-refractivity contribution is 6.31. The number of hydrogen-bond acceptors (Lipinski definition) is 5. The van der Waals surface area contributed by atoms with Crippen molar-refractivity contribution >= 4 is 45.9 Å². The molecule has 0 aliphatic carbocycles. The maximum absolute atomic E-state index is 13.6. The Morgan fingerprint density at radius 1 is 1.12 bits per heavy atom. The third kappa shape index (κ3) is 4.33. The second-order valence-corrected chi connectivity index (χ2v) is 8.76. The number of carbonyl (C=O) groups excluding carboxylic acids is 2. The lowest BCUT2D eigenvalue weighted by molar-refractivity contribution is -0.129. The van der Waals surface area contributed by atoms with E-state index in [9.17, 15) is 14.7 Å². The van der Waals surface area contributed by atoms with Crippen LogP contribution in [0.1, 0.15) is 48.3 Å². The number of rotatable bonds is 8. The predicted octanol–water partition coefficient (Wildman–Crippen LogP) is 6.52. The summed E-state index contributed by atoms with van der Waals surface area (Å²) in [6, 6.07) is 10.9. The predicted molar refractivity (Wildman–Crippen MR) is 127 cm³/mol. The van der Waals surface area contributed by atoms with Gasteiger partial charge in [-0.05, 0) is 36.2 Å². The summed E-state index contributed by atoms with van der Waals surface area (Å²) in [6.45, 7) is 2.47. The number of methoxy groups -OCH3 is 1. The number of aliphatic hydroxyl groups is 1. The molecule has 1 N–H and O–H groups in total. The van der Waals surface area contributed by atoms with Crippen LogP contribution in [0.3, 0.4) is 0 Å². The van der Waals surface area contributed by atoms with Crippen LogP contribution < -0.4 is 4.74 Å². The Hall–Kier alpha value is -2.96. The molecule has 1 aromatic heterocycles. The molecule has 1 aliphatic heterocycles. The Kier molecular flexibility index (Phi) is 6.68. The minimum absolute atomic E-state index is 0.0192. The Balaban J connectivity index is 1.79. The van der Waals surface area contributed by atoms with Crippen molar-refractivity contribution in [1.82, 2.24) is 4.90 Å². The molecule has 8 heteroatoms. The first kappa shape index (κ1) is 23.2. The van der Waals surface area contributed by atoms with Crippen LogP contribution in [0.15, 0.2) is 58.2 Å². The van der Waals surface area contributed by atoms with Gasteiger partial charge in [-0.25, -0.2) is 0 Å². The Morgan fingerprint density at radius 2 is 1.85 bits per heavy atom. The molecule has 0 saturated heterocycles. The zero-order chi connectivity index (χ0) is 23.7. The van der Waals surface area contributed by atoms with Crippen LogP contribution in [-0.4, -0.2) is 35.4 Å². The summed E-state index contributed by atoms with van der Waals surface area (Å²) in [5.74, 6) is -1.36. The number of Topliss-reactive ketones (excluding diaryl/α,β-unsaturated/α-hetero) is 1. The summed E-state index contributed by atoms with van der Waals surface area (Å²) in [5.41, 5.74) is 1.01. The molecule has 0 spiro atoms. The van der Waals surface area contributed by atoms with E-state index in [0.29, 0.717) is 38.9 Å². The SMILES string of the molecule is CCCCCN1C(=O)C(O)=C(C(=O)c2cc3cc(Cl)cc(OC)c3o2)C1c1ccc(Cl)cc1. The van der Waals surface area contributed by atoms with E-state index in [-0.39, 0.29) is 11.3 Å². The molecule has 1 amide bonds. The van der Waals surface area contributed by atoms with E-state index < -0.39 is 23.5 Å². The number of benzene rings is 2. The van der Waals surface area contributed by atoms with Gasteiger partial charge >= 0.3 is 0 Å². The van der Waals surface area contributed by atoms with Crippen LogP contribution in [-0.2, 0) is 4.79 Å². The van der Waals surface area contributed by atoms with Gasteiger partial charge in [-0.3, -0.25) is 9.59 Å². The van der Waals surface area contributed by atoms with E-state index in [2.05, 4.69) is 6.92 Å². The molecule has 0 bridgehead atoms. The molecule has 1 unspecified atom stereocenters. The molecule has 1 atom stereocenters. The molecule has 4 rings (SSSR count). The van der Waals surface area contributed by atoms with Gasteiger partial charge in [-0.15, -0.1) is 0 Å². The molecule has 2 aromatic carbocycles. The second kappa shape index (κ2) is 9.49. The van der Waals surface area contributed by atoms with Gasteiger partial charge in [0.15, 0.2) is 22.9 Å². The third-order valence-electron chi connectivity index (χ3n) is 5.73. The van der Waals surface area contributed by atoms with Crippen molar-refractivity contribution in [1.29, 1.82) is 0 Å². The van der Waals surface area contributed by atoms with Crippen LogP contribution >= 0.6 is 23.2 Å². The monoisotopic (exact) mass is 487 g/mol. The first-order chi connectivity index (χ1) is 15.8. The highest BCUT2D eigenvalue weighted by atomic mass is 35.5. The number of hydrogen-bond donors (Lipinski definition) is 1. The molecule has 2 heterocycles. The summed E-state index contributed by atoms with van der Waals surface area (Å²) in [7, 11) is 1.48. The molecule has 172 valence electrons. The summed E-state index contributed by atoms with van der Waals surface area (Å²) in [4.78, 5) is 28.1. The highest BCUT2D eigenvalue weighted by Gasteiger charge is 2.44. The summed E-state index contributed by atoms with van der Waals surface area (Å²) >= 11 is 12.2. The van der Waals surface area contributed by atoms with Crippen LogP contribution in [0.2, 0.25) is 10.0 Å². The first-order valence-electron chi connectivity index (χ1n) is 10.7. The van der Waals surface area contributed by atoms with Gasteiger partial charge < -0.3 is 19.2 Å². The fraction of sp³-hybridized carbons (Fsp3) is 0.280. The minimum Gasteiger partial charge on any atom is -0.503 e. The number of fused-ring (bicyclic) bond motifs is 1. The standard InChI is InChI=1S/C25H23Cl2NO5/c1-3-4-5-10-28-21(14-6-8-16(26)9-7-14)20(23(30)25(28)31)22(29)18-12-15-11-17(27)13-19(32-2)24(15)33-18/h6-9,11-13,21,30H,3-5,10H2,1-2H3. The van der Waals surface area contributed by atoms with E-state index in [1.54, 1.807) is 36.4 Å². The Bertz CT molecular complexity index is 1250. The van der Waals surface area contributed by atoms with Gasteiger partial charge in [0.25, 0.3) is 5.91 Å². The molecule has 0 radical (unpaired) electrons. The van der Waals surface area contributed by atoms with Crippen LogP contribution in [0, 0.1) is 0 Å². The zero-order valence-corrected chi connectivity index (χ0v) is 19.7. The molecular weight excluding hydrogens is 465 g/mol. The van der Waals surface area contributed by atoms with Crippen LogP contribution in [0.25, 0.3) is 11.0 Å². The van der Waals surface area contributed by atoms with E-state index in [1.165, 1.54) is 18.1 Å². The molecule has 6 nitrogen and oxygen atoms in total. The van der Waals surface area contributed by atoms with Gasteiger partial charge in [0, 0.05) is 28.0 Å². The number of aliphatic hydroxyl groups excluding tert-OH is 1. The van der Waals surface area contributed by atoms with Gasteiger partial charge in [0.1, 0.15) is 0 Å². The van der Waals surface area contributed by atoms with Crippen molar-refractivity contribution in [3.05, 3.63) is 75.2 Å². The van der Waals surface area contributed by atoms with Crippen molar-refractivity contribution in [3.63, 3.8) is 0 Å². The number of unbranched alkanes of at least 4 members (excludes halogenated alkanes) is 2. The van der Waals surface area contributed by atoms with Crippen molar-refractivity contribution in [2.75, 3.05) is 13.7 Å². The average Bonchev–Trinajstić information content (AvgIpc) is 3.33. The molecule has 0 fully saturated rings. The lowest BCUT2D eigenvalue weighted by Crippen LogP contribution is -2.32. The summed E-state index contributed by atoms with van der Waals surface area (Å²) in [5, 5.41) is 12.3. The quantitative estimate of drug-likeness (QED) is 0.289. The maximum atomic E-state index is 13.6. The van der Waals surface area contributed by atoms with Gasteiger partial charge in [0.2, 0.25) is 5.78 Å². The van der Waals surface area contributed by atoms with Crippen LogP contribution in [0.5, 0.6) is 5.75 Å². The smallest absolute Gasteiger partial charge is 0.290 e. The lowest BCUT2D eigenvalue weighted by atomic mass is 9.95. The lowest BCUT2D eigenvalue weighted by Gasteiger charge is -2.26. The van der Waals surface area contributed by atoms with Crippen molar-refractivity contribution in [3.8, 4) is 5.75 Å². The molecule has 1 aliphatic rings. The summed E-state index contributed by atoms with van der Waals surface area (Å²) in [6.07, 6.45) is 2.65. The third-order valence-corrected chi connectivity index (χ3v) is 6.20. The molecule has 3 aromatic rings. The normalized spacial score (nSPS) is 16.2. The maximum Gasteiger partial charge on any atom is 0.290 e. The number of ketones is 1. The molecular formula is C25H23Cl2NO5. The Morgan fingerprint density at radius 3 is 2.52 bits per heavy atom. The highest BCUT2D eigenvalue weighted by Crippen LogP contribution is 2.41. The zero-order valence-electron chi connectivity index (χ0n) is 18.2. The van der Waals surface area contributed by atoms with Gasteiger partial charge in [-0.2, -0.15) is 0 Å². The fourth-order valence-corrected chi connectivity index (χ4v) is 4.46. The number of furan rings is 1. The van der Waals surface area contributed by atoms with Gasteiger partial charge in [0.05, 0.1) is 18.7 Å². The number of nitrogens with zero attached hydrogens (tertiary/aromatic N) is 1. The fourth-order valence-electron chi connectivity index (χ4n) is 4.12. The molecule has 33 heavy (non-hydrogen) atoms. The van der Waals surface area contributed by atoms with E-state index >= 15 is 0 Å². The minimum atomic E-state index is -0.752. The molecule has 0 saturated carbocycles. The summed E-state index contributed by atoms with van der Waals surface area (Å²) < 4.78 is 11.1.